The quantitative estimate of drug-likeness (QED) is 0.705. The van der Waals surface area contributed by atoms with Gasteiger partial charge in [0.2, 0.25) is 0 Å². The third kappa shape index (κ3) is 5.49. The summed E-state index contributed by atoms with van der Waals surface area (Å²) in [7, 11) is 5.43. The molecule has 3 amide bonds. The molecule has 0 saturated carbocycles. The van der Waals surface area contributed by atoms with Crippen molar-refractivity contribution in [1.29, 1.82) is 0 Å². The van der Waals surface area contributed by atoms with Gasteiger partial charge in [0.1, 0.15) is 5.69 Å². The molecule has 2 saturated heterocycles. The Labute approximate surface area is 179 Å². The maximum absolute atomic E-state index is 12.8. The topological polar surface area (TPSA) is 69.2 Å². The molecule has 2 fully saturated rings. The Bertz CT molecular complexity index is 735. The van der Waals surface area contributed by atoms with Gasteiger partial charge >= 0.3 is 6.03 Å². The van der Waals surface area contributed by atoms with Gasteiger partial charge in [-0.1, -0.05) is 6.07 Å². The number of carbonyl (C=O) groups excluding carboxylic acids is 2. The number of ether oxygens (including phenoxy) is 1. The minimum absolute atomic E-state index is 0.0542. The molecule has 30 heavy (non-hydrogen) atoms. The number of hydrogen-bond acceptors (Lipinski definition) is 5. The van der Waals surface area contributed by atoms with Crippen molar-refractivity contribution in [1.82, 2.24) is 24.6 Å². The third-order valence-electron chi connectivity index (χ3n) is 6.09. The first kappa shape index (κ1) is 22.5. The van der Waals surface area contributed by atoms with Crippen LogP contribution >= 0.6 is 0 Å². The maximum atomic E-state index is 12.8. The van der Waals surface area contributed by atoms with Crippen LogP contribution in [-0.4, -0.2) is 109 Å². The van der Waals surface area contributed by atoms with E-state index in [4.69, 9.17) is 4.74 Å². The summed E-state index contributed by atoms with van der Waals surface area (Å²) in [5.74, 6) is -0.0542. The van der Waals surface area contributed by atoms with Crippen molar-refractivity contribution in [3.63, 3.8) is 0 Å². The molecule has 2 aliphatic heterocycles. The molecule has 166 valence electrons. The van der Waals surface area contributed by atoms with Gasteiger partial charge in [-0.15, -0.1) is 0 Å². The van der Waals surface area contributed by atoms with Crippen LogP contribution in [0.25, 0.3) is 0 Å². The zero-order chi connectivity index (χ0) is 21.7. The lowest BCUT2D eigenvalue weighted by Crippen LogP contribution is -2.50. The SMILES string of the molecule is Cc1cccc(C(=O)N(C)CCN(C2CCOCC2)C2CCN(C(=O)N(C)C)C2)n1. The van der Waals surface area contributed by atoms with Crippen LogP contribution in [0, 0.1) is 6.92 Å². The van der Waals surface area contributed by atoms with E-state index in [2.05, 4.69) is 9.88 Å². The molecule has 0 aliphatic carbocycles. The lowest BCUT2D eigenvalue weighted by atomic mass is 10.0. The first-order valence-corrected chi connectivity index (χ1v) is 10.9. The van der Waals surface area contributed by atoms with Crippen LogP contribution in [0.3, 0.4) is 0 Å². The smallest absolute Gasteiger partial charge is 0.319 e. The van der Waals surface area contributed by atoms with Crippen molar-refractivity contribution in [2.45, 2.75) is 38.3 Å². The summed E-state index contributed by atoms with van der Waals surface area (Å²) in [6.07, 6.45) is 2.96. The molecule has 2 aliphatic rings. The van der Waals surface area contributed by atoms with Crippen molar-refractivity contribution in [2.75, 3.05) is 60.5 Å². The number of carbonyl (C=O) groups is 2. The molecule has 0 aromatic carbocycles. The largest absolute Gasteiger partial charge is 0.381 e. The Morgan fingerprint density at radius 2 is 1.83 bits per heavy atom. The molecule has 0 spiro atoms. The standard InChI is InChI=1S/C22H35N5O3/c1-17-6-5-7-20(23-17)21(28)25(4)12-13-27(18-9-14-30-15-10-18)19-8-11-26(16-19)22(29)24(2)3/h5-7,18-19H,8-16H2,1-4H3. The van der Waals surface area contributed by atoms with Crippen LogP contribution in [0.15, 0.2) is 18.2 Å². The van der Waals surface area contributed by atoms with E-state index in [1.165, 1.54) is 0 Å². The van der Waals surface area contributed by atoms with Gasteiger partial charge in [0.25, 0.3) is 5.91 Å². The molecule has 8 heteroatoms. The molecule has 1 aromatic heterocycles. The molecule has 3 heterocycles. The van der Waals surface area contributed by atoms with Gasteiger partial charge in [0.05, 0.1) is 0 Å². The normalized spacial score (nSPS) is 19.9. The number of nitrogens with zero attached hydrogens (tertiary/aromatic N) is 5. The van der Waals surface area contributed by atoms with Crippen molar-refractivity contribution in [3.8, 4) is 0 Å². The predicted molar refractivity (Wildman–Crippen MR) is 116 cm³/mol. The predicted octanol–water partition coefficient (Wildman–Crippen LogP) is 1.70. The lowest BCUT2D eigenvalue weighted by molar-refractivity contribution is 0.0151. The van der Waals surface area contributed by atoms with Crippen molar-refractivity contribution in [2.24, 2.45) is 0 Å². The molecule has 1 unspecified atom stereocenters. The average Bonchev–Trinajstić information content (AvgIpc) is 3.23. The van der Waals surface area contributed by atoms with E-state index in [9.17, 15) is 9.59 Å². The van der Waals surface area contributed by atoms with E-state index in [0.29, 0.717) is 24.3 Å². The number of rotatable bonds is 6. The Morgan fingerprint density at radius 1 is 1.10 bits per heavy atom. The first-order valence-electron chi connectivity index (χ1n) is 10.9. The molecule has 0 radical (unpaired) electrons. The minimum atomic E-state index is -0.0542. The minimum Gasteiger partial charge on any atom is -0.381 e. The highest BCUT2D eigenvalue weighted by atomic mass is 16.5. The molecule has 3 rings (SSSR count). The second-order valence-corrected chi connectivity index (χ2v) is 8.54. The van der Waals surface area contributed by atoms with Crippen LogP contribution in [0.5, 0.6) is 0 Å². The number of urea groups is 1. The molecule has 8 nitrogen and oxygen atoms in total. The highest BCUT2D eigenvalue weighted by molar-refractivity contribution is 5.92. The summed E-state index contributed by atoms with van der Waals surface area (Å²) >= 11 is 0. The Morgan fingerprint density at radius 3 is 2.50 bits per heavy atom. The van der Waals surface area contributed by atoms with Gasteiger partial charge in [0, 0.05) is 78.3 Å². The zero-order valence-corrected chi connectivity index (χ0v) is 18.7. The van der Waals surface area contributed by atoms with Gasteiger partial charge < -0.3 is 19.4 Å². The zero-order valence-electron chi connectivity index (χ0n) is 18.7. The number of pyridine rings is 1. The van der Waals surface area contributed by atoms with Crippen LogP contribution < -0.4 is 0 Å². The van der Waals surface area contributed by atoms with E-state index >= 15 is 0 Å². The van der Waals surface area contributed by atoms with E-state index in [0.717, 1.165) is 57.8 Å². The number of amides is 3. The molecular formula is C22H35N5O3. The van der Waals surface area contributed by atoms with Crippen LogP contribution in [-0.2, 0) is 4.74 Å². The third-order valence-corrected chi connectivity index (χ3v) is 6.09. The van der Waals surface area contributed by atoms with E-state index < -0.39 is 0 Å². The number of aryl methyl sites for hydroxylation is 1. The van der Waals surface area contributed by atoms with Crippen molar-refractivity contribution < 1.29 is 14.3 Å². The summed E-state index contributed by atoms with van der Waals surface area (Å²) in [5.41, 5.74) is 1.33. The van der Waals surface area contributed by atoms with E-state index in [1.54, 1.807) is 30.0 Å². The molecule has 0 bridgehead atoms. The second-order valence-electron chi connectivity index (χ2n) is 8.54. The van der Waals surface area contributed by atoms with Gasteiger partial charge in [-0.25, -0.2) is 9.78 Å². The highest BCUT2D eigenvalue weighted by Gasteiger charge is 2.35. The molecular weight excluding hydrogens is 382 g/mol. The fourth-order valence-corrected chi connectivity index (χ4v) is 4.37. The summed E-state index contributed by atoms with van der Waals surface area (Å²) in [4.78, 5) is 37.4. The van der Waals surface area contributed by atoms with E-state index in [1.807, 2.05) is 31.0 Å². The lowest BCUT2D eigenvalue weighted by Gasteiger charge is -2.39. The van der Waals surface area contributed by atoms with Crippen LogP contribution in [0.1, 0.15) is 35.4 Å². The summed E-state index contributed by atoms with van der Waals surface area (Å²) < 4.78 is 5.57. The first-order chi connectivity index (χ1) is 14.4. The maximum Gasteiger partial charge on any atom is 0.319 e. The number of aromatic nitrogens is 1. The Hall–Kier alpha value is -2.19. The van der Waals surface area contributed by atoms with Gasteiger partial charge in [-0.2, -0.15) is 0 Å². The molecule has 0 N–H and O–H groups in total. The summed E-state index contributed by atoms with van der Waals surface area (Å²) in [6.45, 7) is 6.38. The number of likely N-dealkylation sites (tertiary alicyclic amines) is 1. The highest BCUT2D eigenvalue weighted by Crippen LogP contribution is 2.24. The van der Waals surface area contributed by atoms with Gasteiger partial charge in [-0.05, 0) is 38.3 Å². The summed E-state index contributed by atoms with van der Waals surface area (Å²) in [5, 5.41) is 0. The number of hydrogen-bond donors (Lipinski definition) is 0. The van der Waals surface area contributed by atoms with Gasteiger partial charge in [0.15, 0.2) is 0 Å². The Kier molecular flexibility index (Phi) is 7.66. The second kappa shape index (κ2) is 10.2. The fraction of sp³-hybridized carbons (Fsp3) is 0.682. The monoisotopic (exact) mass is 417 g/mol. The van der Waals surface area contributed by atoms with Crippen LogP contribution in [0.2, 0.25) is 0 Å². The van der Waals surface area contributed by atoms with Crippen LogP contribution in [0.4, 0.5) is 4.79 Å². The average molecular weight is 418 g/mol. The summed E-state index contributed by atoms with van der Waals surface area (Å²) in [6, 6.07) is 6.35. The van der Waals surface area contributed by atoms with Gasteiger partial charge in [-0.3, -0.25) is 9.69 Å². The van der Waals surface area contributed by atoms with Crippen molar-refractivity contribution in [3.05, 3.63) is 29.6 Å². The molecule has 1 aromatic rings. The number of likely N-dealkylation sites (N-methyl/N-ethyl adjacent to an activating group) is 1. The van der Waals surface area contributed by atoms with E-state index in [-0.39, 0.29) is 11.9 Å². The fourth-order valence-electron chi connectivity index (χ4n) is 4.37. The van der Waals surface area contributed by atoms with Crippen molar-refractivity contribution >= 4 is 11.9 Å². The molecule has 1 atom stereocenters. The Balaban J connectivity index is 1.64.